The quantitative estimate of drug-likeness (QED) is 0.529. The molecule has 0 bridgehead atoms. The zero-order chi connectivity index (χ0) is 21.3. The van der Waals surface area contributed by atoms with Gasteiger partial charge in [0, 0.05) is 29.9 Å². The van der Waals surface area contributed by atoms with E-state index in [0.29, 0.717) is 11.6 Å². The van der Waals surface area contributed by atoms with E-state index in [1.54, 1.807) is 6.07 Å². The van der Waals surface area contributed by atoms with Gasteiger partial charge >= 0.3 is 0 Å². The van der Waals surface area contributed by atoms with E-state index in [1.165, 1.54) is 18.9 Å². The smallest absolute Gasteiger partial charge is 0.170 e. The molecule has 1 aliphatic rings. The highest BCUT2D eigenvalue weighted by atomic mass is 35.5. The molecule has 1 aromatic heterocycles. The Labute approximate surface area is 181 Å². The highest BCUT2D eigenvalue weighted by Crippen LogP contribution is 2.35. The predicted octanol–water partition coefficient (Wildman–Crippen LogP) is 5.93. The Kier molecular flexibility index (Phi) is 6.11. The summed E-state index contributed by atoms with van der Waals surface area (Å²) in [7, 11) is 4.27. The van der Waals surface area contributed by atoms with Crippen LogP contribution in [0, 0.1) is 11.7 Å². The third kappa shape index (κ3) is 4.52. The number of aromatic hydroxyl groups is 1. The number of hydrogen-bond donors (Lipinski definition) is 2. The van der Waals surface area contributed by atoms with E-state index < -0.39 is 11.6 Å². The Hall–Kier alpha value is -2.37. The number of halogens is 2. The second-order valence-electron chi connectivity index (χ2n) is 8.50. The SMILES string of the molecule is CN(C)C[C@H]1CC[C@H](Nc2ccnc3ccc(-c4cc(F)c(O)c(Cl)c4)cc23)CC1. The Morgan fingerprint density at radius 1 is 1.10 bits per heavy atom. The first kappa shape index (κ1) is 20.9. The van der Waals surface area contributed by atoms with Crippen molar-refractivity contribution in [3.8, 4) is 16.9 Å². The summed E-state index contributed by atoms with van der Waals surface area (Å²) in [6.07, 6.45) is 6.59. The molecule has 3 aromatic rings. The Balaban J connectivity index is 1.58. The van der Waals surface area contributed by atoms with Gasteiger partial charge in [-0.15, -0.1) is 0 Å². The van der Waals surface area contributed by atoms with E-state index in [-0.39, 0.29) is 5.02 Å². The Morgan fingerprint density at radius 3 is 2.57 bits per heavy atom. The number of phenols is 1. The summed E-state index contributed by atoms with van der Waals surface area (Å²) in [6.45, 7) is 1.15. The van der Waals surface area contributed by atoms with Crippen molar-refractivity contribution >= 4 is 28.2 Å². The highest BCUT2D eigenvalue weighted by molar-refractivity contribution is 6.32. The van der Waals surface area contributed by atoms with Crippen LogP contribution in [-0.2, 0) is 0 Å². The summed E-state index contributed by atoms with van der Waals surface area (Å²) in [5, 5.41) is 14.3. The van der Waals surface area contributed by atoms with Gasteiger partial charge < -0.3 is 15.3 Å². The average Bonchev–Trinajstić information content (AvgIpc) is 2.72. The molecule has 0 atom stereocenters. The lowest BCUT2D eigenvalue weighted by molar-refractivity contribution is 0.255. The van der Waals surface area contributed by atoms with Gasteiger partial charge in [-0.25, -0.2) is 4.39 Å². The van der Waals surface area contributed by atoms with Gasteiger partial charge in [0.2, 0.25) is 0 Å². The standard InChI is InChI=1S/C24H27ClFN3O/c1-29(2)14-15-3-6-18(7-4-15)28-23-9-10-27-22-8-5-16(11-19(22)23)17-12-20(25)24(30)21(26)13-17/h5,8-13,15,18,30H,3-4,6-7,14H2,1-2H3,(H,27,28)/t15-,18-. The van der Waals surface area contributed by atoms with Crippen LogP contribution < -0.4 is 5.32 Å². The Bertz CT molecular complexity index is 1020. The lowest BCUT2D eigenvalue weighted by Gasteiger charge is -2.31. The molecule has 0 radical (unpaired) electrons. The average molecular weight is 428 g/mol. The van der Waals surface area contributed by atoms with Gasteiger partial charge in [-0.2, -0.15) is 0 Å². The second-order valence-corrected chi connectivity index (χ2v) is 8.91. The molecule has 0 saturated heterocycles. The first-order valence-electron chi connectivity index (χ1n) is 10.4. The van der Waals surface area contributed by atoms with Crippen molar-refractivity contribution in [2.75, 3.05) is 26.0 Å². The molecule has 1 fully saturated rings. The number of anilines is 1. The number of nitrogens with zero attached hydrogens (tertiary/aromatic N) is 2. The zero-order valence-electron chi connectivity index (χ0n) is 17.3. The van der Waals surface area contributed by atoms with Crippen molar-refractivity contribution < 1.29 is 9.50 Å². The minimum atomic E-state index is -0.725. The number of rotatable bonds is 5. The second kappa shape index (κ2) is 8.78. The van der Waals surface area contributed by atoms with Gasteiger partial charge in [0.15, 0.2) is 11.6 Å². The maximum atomic E-state index is 14.0. The maximum absolute atomic E-state index is 14.0. The van der Waals surface area contributed by atoms with Crippen molar-refractivity contribution in [1.29, 1.82) is 0 Å². The molecule has 2 N–H and O–H groups in total. The van der Waals surface area contributed by atoms with Gasteiger partial charge in [-0.1, -0.05) is 17.7 Å². The fraction of sp³-hybridized carbons (Fsp3) is 0.375. The third-order valence-corrected chi connectivity index (χ3v) is 6.21. The fourth-order valence-electron chi connectivity index (χ4n) is 4.41. The number of aromatic nitrogens is 1. The minimum Gasteiger partial charge on any atom is -0.504 e. The fourth-order valence-corrected chi connectivity index (χ4v) is 4.62. The van der Waals surface area contributed by atoms with E-state index in [9.17, 15) is 9.50 Å². The highest BCUT2D eigenvalue weighted by Gasteiger charge is 2.22. The molecular formula is C24H27ClFN3O. The molecule has 6 heteroatoms. The van der Waals surface area contributed by atoms with Crippen LogP contribution in [0.2, 0.25) is 5.02 Å². The molecule has 158 valence electrons. The molecule has 1 saturated carbocycles. The number of hydrogen-bond acceptors (Lipinski definition) is 4. The molecule has 30 heavy (non-hydrogen) atoms. The van der Waals surface area contributed by atoms with E-state index in [1.807, 2.05) is 30.5 Å². The topological polar surface area (TPSA) is 48.4 Å². The van der Waals surface area contributed by atoms with Gasteiger partial charge in [-0.3, -0.25) is 4.98 Å². The first-order chi connectivity index (χ1) is 14.4. The molecule has 4 nitrogen and oxygen atoms in total. The summed E-state index contributed by atoms with van der Waals surface area (Å²) >= 11 is 5.97. The number of nitrogens with one attached hydrogen (secondary N) is 1. The van der Waals surface area contributed by atoms with E-state index in [4.69, 9.17) is 11.6 Å². The van der Waals surface area contributed by atoms with Gasteiger partial charge in [0.05, 0.1) is 10.5 Å². The van der Waals surface area contributed by atoms with Crippen molar-refractivity contribution in [3.05, 3.63) is 53.4 Å². The summed E-state index contributed by atoms with van der Waals surface area (Å²) in [5.41, 5.74) is 3.38. The largest absolute Gasteiger partial charge is 0.504 e. The molecule has 4 rings (SSSR count). The van der Waals surface area contributed by atoms with E-state index in [2.05, 4.69) is 29.3 Å². The van der Waals surface area contributed by atoms with E-state index in [0.717, 1.165) is 47.5 Å². The Morgan fingerprint density at radius 2 is 1.87 bits per heavy atom. The first-order valence-corrected chi connectivity index (χ1v) is 10.8. The number of pyridine rings is 1. The van der Waals surface area contributed by atoms with Crippen LogP contribution in [0.4, 0.5) is 10.1 Å². The third-order valence-electron chi connectivity index (χ3n) is 5.92. The molecule has 1 heterocycles. The molecule has 0 amide bonds. The molecule has 0 spiro atoms. The summed E-state index contributed by atoms with van der Waals surface area (Å²) in [6, 6.07) is 11.2. The summed E-state index contributed by atoms with van der Waals surface area (Å²) in [4.78, 5) is 6.75. The lowest BCUT2D eigenvalue weighted by Crippen LogP contribution is -2.30. The van der Waals surface area contributed by atoms with Crippen LogP contribution in [0.15, 0.2) is 42.6 Å². The van der Waals surface area contributed by atoms with E-state index >= 15 is 0 Å². The van der Waals surface area contributed by atoms with Crippen LogP contribution in [0.5, 0.6) is 5.75 Å². The molecule has 2 aromatic carbocycles. The molecule has 1 aliphatic carbocycles. The number of benzene rings is 2. The van der Waals surface area contributed by atoms with Crippen molar-refractivity contribution in [2.45, 2.75) is 31.7 Å². The van der Waals surface area contributed by atoms with Crippen molar-refractivity contribution in [3.63, 3.8) is 0 Å². The maximum Gasteiger partial charge on any atom is 0.170 e. The van der Waals surface area contributed by atoms with Crippen LogP contribution in [-0.4, -0.2) is 41.7 Å². The van der Waals surface area contributed by atoms with Crippen LogP contribution >= 0.6 is 11.6 Å². The van der Waals surface area contributed by atoms with Gasteiger partial charge in [-0.05, 0) is 87.2 Å². The lowest BCUT2D eigenvalue weighted by atomic mass is 9.85. The van der Waals surface area contributed by atoms with Crippen LogP contribution in [0.25, 0.3) is 22.0 Å². The van der Waals surface area contributed by atoms with Crippen molar-refractivity contribution in [1.82, 2.24) is 9.88 Å². The molecular weight excluding hydrogens is 401 g/mol. The normalized spacial score (nSPS) is 19.4. The van der Waals surface area contributed by atoms with Gasteiger partial charge in [0.1, 0.15) is 0 Å². The van der Waals surface area contributed by atoms with Crippen LogP contribution in [0.1, 0.15) is 25.7 Å². The zero-order valence-corrected chi connectivity index (χ0v) is 18.1. The number of phenolic OH excluding ortho intramolecular Hbond substituents is 1. The number of fused-ring (bicyclic) bond motifs is 1. The van der Waals surface area contributed by atoms with Crippen molar-refractivity contribution in [2.24, 2.45) is 5.92 Å². The summed E-state index contributed by atoms with van der Waals surface area (Å²) < 4.78 is 14.0. The summed E-state index contributed by atoms with van der Waals surface area (Å²) in [5.74, 6) is -0.473. The molecule has 0 aliphatic heterocycles. The molecule has 0 unspecified atom stereocenters. The predicted molar refractivity (Wildman–Crippen MR) is 122 cm³/mol. The minimum absolute atomic E-state index is 0.00381. The van der Waals surface area contributed by atoms with Crippen LogP contribution in [0.3, 0.4) is 0 Å². The monoisotopic (exact) mass is 427 g/mol. The van der Waals surface area contributed by atoms with Gasteiger partial charge in [0.25, 0.3) is 0 Å².